The fourth-order valence-corrected chi connectivity index (χ4v) is 3.01. The van der Waals surface area contributed by atoms with E-state index in [1.54, 1.807) is 12.1 Å². The number of hydrogen-bond acceptors (Lipinski definition) is 4. The maximum atomic E-state index is 12.5. The van der Waals surface area contributed by atoms with Gasteiger partial charge in [0.05, 0.1) is 18.1 Å². The van der Waals surface area contributed by atoms with Gasteiger partial charge in [0.15, 0.2) is 11.5 Å². The molecule has 3 aromatic carbocycles. The average Bonchev–Trinajstić information content (AvgIpc) is 3.18. The molecule has 0 radical (unpaired) electrons. The van der Waals surface area contributed by atoms with Gasteiger partial charge in [-0.1, -0.05) is 12.1 Å². The predicted octanol–water partition coefficient (Wildman–Crippen LogP) is 5.09. The third kappa shape index (κ3) is 4.07. The smallest absolute Gasteiger partial charge is 0.387 e. The topological polar surface area (TPSA) is 76.2 Å². The lowest BCUT2D eigenvalue weighted by atomic mass is 10.1. The van der Waals surface area contributed by atoms with Gasteiger partial charge >= 0.3 is 6.61 Å². The van der Waals surface area contributed by atoms with E-state index >= 15 is 0 Å². The molecule has 0 saturated carbocycles. The van der Waals surface area contributed by atoms with E-state index in [-0.39, 0.29) is 17.1 Å². The number of carbonyl (C=O) groups is 1. The molecule has 152 valence electrons. The highest BCUT2D eigenvalue weighted by molar-refractivity contribution is 6.04. The number of fused-ring (bicyclic) bond motifs is 1. The predicted molar refractivity (Wildman–Crippen MR) is 109 cm³/mol. The number of carbonyl (C=O) groups excluding carboxylic acids is 1. The first-order valence-electron chi connectivity index (χ1n) is 9.03. The summed E-state index contributed by atoms with van der Waals surface area (Å²) in [5.74, 6) is 0.226. The Morgan fingerprint density at radius 2 is 1.80 bits per heavy atom. The molecule has 0 aliphatic heterocycles. The number of alkyl halides is 2. The van der Waals surface area contributed by atoms with Crippen LogP contribution < -0.4 is 14.8 Å². The largest absolute Gasteiger partial charge is 0.493 e. The highest BCUT2D eigenvalue weighted by Crippen LogP contribution is 2.30. The molecule has 2 N–H and O–H groups in total. The van der Waals surface area contributed by atoms with Gasteiger partial charge in [-0.05, 0) is 54.6 Å². The first-order valence-corrected chi connectivity index (χ1v) is 9.03. The molecule has 0 bridgehead atoms. The normalized spacial score (nSPS) is 10.9. The zero-order valence-electron chi connectivity index (χ0n) is 15.9. The molecule has 0 saturated heterocycles. The summed E-state index contributed by atoms with van der Waals surface area (Å²) in [6.45, 7) is -2.98. The molecule has 0 aliphatic carbocycles. The molecule has 1 amide bonds. The van der Waals surface area contributed by atoms with Crippen LogP contribution in [-0.4, -0.2) is 29.6 Å². The summed E-state index contributed by atoms with van der Waals surface area (Å²) in [7, 11) is 1.31. The van der Waals surface area contributed by atoms with Gasteiger partial charge in [-0.3, -0.25) is 4.79 Å². The van der Waals surface area contributed by atoms with Crippen molar-refractivity contribution in [2.45, 2.75) is 6.61 Å². The van der Waals surface area contributed by atoms with Crippen LogP contribution in [0.3, 0.4) is 0 Å². The molecular weight excluding hydrogens is 392 g/mol. The van der Waals surface area contributed by atoms with Crippen LogP contribution in [-0.2, 0) is 0 Å². The van der Waals surface area contributed by atoms with Crippen molar-refractivity contribution in [3.05, 3.63) is 72.3 Å². The van der Waals surface area contributed by atoms with E-state index in [0.29, 0.717) is 5.69 Å². The van der Waals surface area contributed by atoms with Crippen molar-refractivity contribution in [1.29, 1.82) is 0 Å². The van der Waals surface area contributed by atoms with Gasteiger partial charge in [-0.15, -0.1) is 0 Å². The average molecular weight is 409 g/mol. The summed E-state index contributed by atoms with van der Waals surface area (Å²) >= 11 is 0. The molecule has 6 nitrogen and oxygen atoms in total. The van der Waals surface area contributed by atoms with Crippen LogP contribution in [0.5, 0.6) is 11.5 Å². The minimum Gasteiger partial charge on any atom is -0.493 e. The molecule has 0 aliphatic rings. The molecule has 0 fully saturated rings. The van der Waals surface area contributed by atoms with Crippen molar-refractivity contribution in [3.63, 3.8) is 0 Å². The summed E-state index contributed by atoms with van der Waals surface area (Å²) in [4.78, 5) is 20.3. The Morgan fingerprint density at radius 1 is 1.03 bits per heavy atom. The summed E-state index contributed by atoms with van der Waals surface area (Å²) in [6.07, 6.45) is 0. The Hall–Kier alpha value is -3.94. The molecule has 30 heavy (non-hydrogen) atoms. The van der Waals surface area contributed by atoms with Gasteiger partial charge in [0.25, 0.3) is 5.91 Å². The fraction of sp³-hybridized carbons (Fsp3) is 0.0909. The van der Waals surface area contributed by atoms with Gasteiger partial charge in [-0.25, -0.2) is 4.98 Å². The van der Waals surface area contributed by atoms with Crippen LogP contribution in [0.1, 0.15) is 10.4 Å². The fourth-order valence-electron chi connectivity index (χ4n) is 3.01. The van der Waals surface area contributed by atoms with E-state index < -0.39 is 12.5 Å². The molecule has 1 heterocycles. The Labute approximate surface area is 170 Å². The minimum atomic E-state index is -2.98. The van der Waals surface area contributed by atoms with Crippen LogP contribution in [0, 0.1) is 0 Å². The first kappa shape index (κ1) is 19.4. The highest BCUT2D eigenvalue weighted by Gasteiger charge is 2.14. The van der Waals surface area contributed by atoms with Crippen molar-refractivity contribution in [3.8, 4) is 22.9 Å². The number of halogens is 2. The maximum Gasteiger partial charge on any atom is 0.387 e. The summed E-state index contributed by atoms with van der Waals surface area (Å²) in [6, 6.07) is 18.9. The number of benzene rings is 3. The van der Waals surface area contributed by atoms with E-state index in [0.717, 1.165) is 22.4 Å². The van der Waals surface area contributed by atoms with Gasteiger partial charge in [0.2, 0.25) is 0 Å². The van der Waals surface area contributed by atoms with Crippen molar-refractivity contribution in [2.24, 2.45) is 0 Å². The van der Waals surface area contributed by atoms with E-state index in [9.17, 15) is 13.6 Å². The number of ether oxygens (including phenoxy) is 2. The lowest BCUT2D eigenvalue weighted by Gasteiger charge is -2.11. The number of aromatic amines is 1. The Morgan fingerprint density at radius 3 is 2.50 bits per heavy atom. The van der Waals surface area contributed by atoms with Crippen LogP contribution in [0.2, 0.25) is 0 Å². The summed E-state index contributed by atoms with van der Waals surface area (Å²) < 4.78 is 34.3. The number of rotatable bonds is 6. The standard InChI is InChI=1S/C22H17F2N3O3/c1-29-19-12-14(8-11-18(19)30-22(23)24)21(28)25-15-9-6-13(7-10-15)20-26-16-4-2-3-5-17(16)27-20/h2-12,22H,1H3,(H,25,28)(H,26,27). The number of hydrogen-bond donors (Lipinski definition) is 2. The third-order valence-electron chi connectivity index (χ3n) is 4.45. The lowest BCUT2D eigenvalue weighted by Crippen LogP contribution is -2.12. The Balaban J connectivity index is 1.49. The molecular formula is C22H17F2N3O3. The monoisotopic (exact) mass is 409 g/mol. The van der Waals surface area contributed by atoms with Crippen LogP contribution in [0.25, 0.3) is 22.4 Å². The third-order valence-corrected chi connectivity index (χ3v) is 4.45. The molecule has 8 heteroatoms. The number of anilines is 1. The second kappa shape index (κ2) is 8.20. The summed E-state index contributed by atoms with van der Waals surface area (Å²) in [5.41, 5.74) is 3.51. The first-order chi connectivity index (χ1) is 14.5. The van der Waals surface area contributed by atoms with Crippen LogP contribution in [0.15, 0.2) is 66.7 Å². The van der Waals surface area contributed by atoms with Crippen molar-refractivity contribution < 1.29 is 23.0 Å². The van der Waals surface area contributed by atoms with Crippen molar-refractivity contribution >= 4 is 22.6 Å². The zero-order valence-corrected chi connectivity index (χ0v) is 15.9. The van der Waals surface area contributed by atoms with E-state index in [2.05, 4.69) is 20.0 Å². The maximum absolute atomic E-state index is 12.5. The van der Waals surface area contributed by atoms with Gasteiger partial charge in [0.1, 0.15) is 5.82 Å². The van der Waals surface area contributed by atoms with Crippen LogP contribution in [0.4, 0.5) is 14.5 Å². The molecule has 0 atom stereocenters. The van der Waals surface area contributed by atoms with Crippen molar-refractivity contribution in [1.82, 2.24) is 9.97 Å². The quantitative estimate of drug-likeness (QED) is 0.465. The Kier molecular flexibility index (Phi) is 5.30. The number of H-pyrrole nitrogens is 1. The minimum absolute atomic E-state index is 0.0446. The van der Waals surface area contributed by atoms with Crippen LogP contribution >= 0.6 is 0 Å². The van der Waals surface area contributed by atoms with E-state index in [1.165, 1.54) is 25.3 Å². The van der Waals surface area contributed by atoms with Gasteiger partial charge in [0, 0.05) is 16.8 Å². The van der Waals surface area contributed by atoms with E-state index in [4.69, 9.17) is 4.74 Å². The number of methoxy groups -OCH3 is 1. The number of aromatic nitrogens is 2. The molecule has 4 aromatic rings. The molecule has 1 aromatic heterocycles. The van der Waals surface area contributed by atoms with Gasteiger partial charge in [-0.2, -0.15) is 8.78 Å². The van der Waals surface area contributed by atoms with E-state index in [1.807, 2.05) is 36.4 Å². The second-order valence-electron chi connectivity index (χ2n) is 6.38. The lowest BCUT2D eigenvalue weighted by molar-refractivity contribution is -0.0512. The number of nitrogens with zero attached hydrogens (tertiary/aromatic N) is 1. The highest BCUT2D eigenvalue weighted by atomic mass is 19.3. The molecule has 0 unspecified atom stereocenters. The number of nitrogens with one attached hydrogen (secondary N) is 2. The molecule has 0 spiro atoms. The van der Waals surface area contributed by atoms with Crippen molar-refractivity contribution in [2.75, 3.05) is 12.4 Å². The number of para-hydroxylation sites is 2. The Bertz CT molecular complexity index is 1160. The number of imidazole rings is 1. The second-order valence-corrected chi connectivity index (χ2v) is 6.38. The SMILES string of the molecule is COc1cc(C(=O)Nc2ccc(-c3nc4ccccc4[nH]3)cc2)ccc1OC(F)F. The molecule has 4 rings (SSSR count). The summed E-state index contributed by atoms with van der Waals surface area (Å²) in [5, 5.41) is 2.76. The van der Waals surface area contributed by atoms with Gasteiger partial charge < -0.3 is 19.8 Å². The zero-order chi connectivity index (χ0) is 21.1. The number of amides is 1.